The molecule has 0 radical (unpaired) electrons. The minimum Gasteiger partial charge on any atom is -0.494 e. The molecule has 0 spiro atoms. The molecule has 1 aromatic heterocycles. The number of benzene rings is 2. The van der Waals surface area contributed by atoms with E-state index < -0.39 is 0 Å². The van der Waals surface area contributed by atoms with Gasteiger partial charge in [-0.1, -0.05) is 53.7 Å². The number of carbonyl (C=O) groups is 1. The van der Waals surface area contributed by atoms with Crippen molar-refractivity contribution >= 4 is 27.6 Å². The van der Waals surface area contributed by atoms with Gasteiger partial charge < -0.3 is 19.1 Å². The SMILES string of the molecule is COc1cc(C)nc(OC)c1NC(=O)N(Cc1ccc(Oc2ccc(Br)cc2)cc1)C1CCCCCC1. The Morgan fingerprint density at radius 3 is 2.19 bits per heavy atom. The van der Waals surface area contributed by atoms with Crippen molar-refractivity contribution < 1.29 is 19.0 Å². The predicted octanol–water partition coefficient (Wildman–Crippen LogP) is 7.72. The zero-order valence-electron chi connectivity index (χ0n) is 21.6. The van der Waals surface area contributed by atoms with Gasteiger partial charge in [0.15, 0.2) is 0 Å². The van der Waals surface area contributed by atoms with Crippen molar-refractivity contribution in [2.45, 2.75) is 58.0 Å². The summed E-state index contributed by atoms with van der Waals surface area (Å²) in [5.41, 5.74) is 2.22. The van der Waals surface area contributed by atoms with E-state index in [0.29, 0.717) is 23.9 Å². The van der Waals surface area contributed by atoms with E-state index in [1.165, 1.54) is 20.0 Å². The van der Waals surface area contributed by atoms with Crippen molar-refractivity contribution in [1.29, 1.82) is 0 Å². The first kappa shape index (κ1) is 26.8. The number of pyridine rings is 1. The number of ether oxygens (including phenoxy) is 3. The molecule has 196 valence electrons. The molecule has 2 amide bonds. The molecule has 0 bridgehead atoms. The fraction of sp³-hybridized carbons (Fsp3) is 0.379. The highest BCUT2D eigenvalue weighted by molar-refractivity contribution is 9.10. The molecule has 0 atom stereocenters. The maximum Gasteiger partial charge on any atom is 0.322 e. The summed E-state index contributed by atoms with van der Waals surface area (Å²) in [4.78, 5) is 20.1. The Morgan fingerprint density at radius 1 is 0.973 bits per heavy atom. The summed E-state index contributed by atoms with van der Waals surface area (Å²) in [5, 5.41) is 3.04. The van der Waals surface area contributed by atoms with E-state index in [4.69, 9.17) is 14.2 Å². The molecule has 8 heteroatoms. The topological polar surface area (TPSA) is 72.9 Å². The Balaban J connectivity index is 1.54. The third-order valence-corrected chi connectivity index (χ3v) is 7.10. The monoisotopic (exact) mass is 567 g/mol. The van der Waals surface area contributed by atoms with Gasteiger partial charge in [-0.05, 0) is 61.7 Å². The second kappa shape index (κ2) is 12.8. The number of nitrogens with one attached hydrogen (secondary N) is 1. The molecule has 1 fully saturated rings. The van der Waals surface area contributed by atoms with Gasteiger partial charge in [0, 0.05) is 28.8 Å². The van der Waals surface area contributed by atoms with Crippen molar-refractivity contribution in [2.24, 2.45) is 0 Å². The molecule has 1 heterocycles. The quantitative estimate of drug-likeness (QED) is 0.282. The number of methoxy groups -OCH3 is 2. The smallest absolute Gasteiger partial charge is 0.322 e. The van der Waals surface area contributed by atoms with Crippen molar-refractivity contribution in [3.63, 3.8) is 0 Å². The van der Waals surface area contributed by atoms with Crippen LogP contribution in [0.25, 0.3) is 0 Å². The van der Waals surface area contributed by atoms with Gasteiger partial charge in [0.25, 0.3) is 0 Å². The summed E-state index contributed by atoms with van der Waals surface area (Å²) in [6.07, 6.45) is 6.62. The number of aryl methyl sites for hydroxylation is 1. The summed E-state index contributed by atoms with van der Waals surface area (Å²) in [6, 6.07) is 17.4. The number of halogens is 1. The first-order valence-corrected chi connectivity index (χ1v) is 13.5. The summed E-state index contributed by atoms with van der Waals surface area (Å²) < 4.78 is 18.0. The van der Waals surface area contributed by atoms with Gasteiger partial charge >= 0.3 is 6.03 Å². The largest absolute Gasteiger partial charge is 0.494 e. The summed E-state index contributed by atoms with van der Waals surface area (Å²) >= 11 is 3.44. The highest BCUT2D eigenvalue weighted by Crippen LogP contribution is 2.34. The molecule has 37 heavy (non-hydrogen) atoms. The van der Waals surface area contributed by atoms with Crippen molar-refractivity contribution in [1.82, 2.24) is 9.88 Å². The van der Waals surface area contributed by atoms with Gasteiger partial charge in [0.2, 0.25) is 5.88 Å². The molecule has 7 nitrogen and oxygen atoms in total. The fourth-order valence-electron chi connectivity index (χ4n) is 4.65. The standard InChI is InChI=1S/C29H34BrN3O4/c1-20-18-26(35-2)27(28(31-20)36-3)32-29(34)33(23-8-6-4-5-7-9-23)19-21-10-14-24(15-11-21)37-25-16-12-22(30)13-17-25/h10-18,23H,4-9,19H2,1-3H3,(H,32,34). The summed E-state index contributed by atoms with van der Waals surface area (Å²) in [5.74, 6) is 2.37. The van der Waals surface area contributed by atoms with Crippen molar-refractivity contribution in [3.05, 3.63) is 70.3 Å². The number of anilines is 1. The Kier molecular flexibility index (Phi) is 9.28. The molecule has 0 saturated heterocycles. The van der Waals surface area contributed by atoms with Crippen LogP contribution in [-0.2, 0) is 6.54 Å². The summed E-state index contributed by atoms with van der Waals surface area (Å²) in [7, 11) is 3.11. The zero-order valence-corrected chi connectivity index (χ0v) is 23.2. The van der Waals surface area contributed by atoms with E-state index in [9.17, 15) is 4.79 Å². The third-order valence-electron chi connectivity index (χ3n) is 6.58. The zero-order chi connectivity index (χ0) is 26.2. The van der Waals surface area contributed by atoms with Crippen LogP contribution in [0.2, 0.25) is 0 Å². The van der Waals surface area contributed by atoms with E-state index in [0.717, 1.165) is 52.9 Å². The predicted molar refractivity (Wildman–Crippen MR) is 149 cm³/mol. The van der Waals surface area contributed by atoms with Gasteiger partial charge in [0.05, 0.1) is 14.2 Å². The Labute approximate surface area is 227 Å². The normalized spacial score (nSPS) is 13.9. The highest BCUT2D eigenvalue weighted by Gasteiger charge is 2.27. The molecule has 4 rings (SSSR count). The average Bonchev–Trinajstić information content (AvgIpc) is 3.19. The Hall–Kier alpha value is -3.26. The van der Waals surface area contributed by atoms with Crippen LogP contribution in [0.5, 0.6) is 23.1 Å². The molecule has 1 saturated carbocycles. The second-order valence-corrected chi connectivity index (χ2v) is 10.2. The first-order valence-electron chi connectivity index (χ1n) is 12.7. The van der Waals surface area contributed by atoms with Crippen LogP contribution >= 0.6 is 15.9 Å². The lowest BCUT2D eigenvalue weighted by atomic mass is 10.1. The van der Waals surface area contributed by atoms with Gasteiger partial charge in [-0.3, -0.25) is 5.32 Å². The highest BCUT2D eigenvalue weighted by atomic mass is 79.9. The molecule has 1 N–H and O–H groups in total. The molecule has 2 aromatic carbocycles. The van der Waals surface area contributed by atoms with E-state index in [1.54, 1.807) is 13.2 Å². The molecular formula is C29H34BrN3O4. The fourth-order valence-corrected chi connectivity index (χ4v) is 4.92. The van der Waals surface area contributed by atoms with E-state index in [2.05, 4.69) is 26.2 Å². The van der Waals surface area contributed by atoms with E-state index in [-0.39, 0.29) is 12.1 Å². The second-order valence-electron chi connectivity index (χ2n) is 9.25. The minimum absolute atomic E-state index is 0.150. The lowest BCUT2D eigenvalue weighted by molar-refractivity contribution is 0.175. The molecule has 3 aromatic rings. The molecule has 1 aliphatic carbocycles. The lowest BCUT2D eigenvalue weighted by Crippen LogP contribution is -2.42. The Bertz CT molecular complexity index is 1150. The average molecular weight is 569 g/mol. The number of hydrogen-bond donors (Lipinski definition) is 1. The third kappa shape index (κ3) is 7.16. The molecule has 1 aliphatic rings. The van der Waals surface area contributed by atoms with Crippen LogP contribution in [0.15, 0.2) is 59.1 Å². The summed E-state index contributed by atoms with van der Waals surface area (Å²) in [6.45, 7) is 2.34. The number of rotatable bonds is 8. The van der Waals surface area contributed by atoms with Crippen molar-refractivity contribution in [2.75, 3.05) is 19.5 Å². The van der Waals surface area contributed by atoms with Gasteiger partial charge in [-0.25, -0.2) is 9.78 Å². The van der Waals surface area contributed by atoms with Gasteiger partial charge in [-0.2, -0.15) is 0 Å². The maximum absolute atomic E-state index is 13.7. The van der Waals surface area contributed by atoms with Crippen LogP contribution in [0.1, 0.15) is 49.8 Å². The number of urea groups is 1. The van der Waals surface area contributed by atoms with Crippen LogP contribution in [0.3, 0.4) is 0 Å². The van der Waals surface area contributed by atoms with Crippen LogP contribution in [0, 0.1) is 6.92 Å². The maximum atomic E-state index is 13.7. The minimum atomic E-state index is -0.190. The van der Waals surface area contributed by atoms with Crippen LogP contribution in [0.4, 0.5) is 10.5 Å². The van der Waals surface area contributed by atoms with Gasteiger partial charge in [-0.15, -0.1) is 0 Å². The number of nitrogens with zero attached hydrogens (tertiary/aromatic N) is 2. The van der Waals surface area contributed by atoms with E-state index in [1.807, 2.05) is 60.4 Å². The first-order chi connectivity index (χ1) is 18.0. The van der Waals surface area contributed by atoms with Crippen LogP contribution < -0.4 is 19.5 Å². The number of carbonyl (C=O) groups excluding carboxylic acids is 1. The number of hydrogen-bond acceptors (Lipinski definition) is 5. The number of aromatic nitrogens is 1. The molecule has 0 aliphatic heterocycles. The Morgan fingerprint density at radius 2 is 1.59 bits per heavy atom. The lowest BCUT2D eigenvalue weighted by Gasteiger charge is -2.32. The van der Waals surface area contributed by atoms with E-state index >= 15 is 0 Å². The van der Waals surface area contributed by atoms with Crippen molar-refractivity contribution in [3.8, 4) is 23.1 Å². The van der Waals surface area contributed by atoms with Crippen LogP contribution in [-0.4, -0.2) is 36.2 Å². The molecular weight excluding hydrogens is 534 g/mol. The number of amides is 2. The molecule has 0 unspecified atom stereocenters. The van der Waals surface area contributed by atoms with Gasteiger partial charge in [0.1, 0.15) is 22.9 Å².